The van der Waals surface area contributed by atoms with Crippen LogP contribution < -0.4 is 10.9 Å². The fourth-order valence-corrected chi connectivity index (χ4v) is 0.733. The molecule has 0 aromatic heterocycles. The molecule has 0 aliphatic carbocycles. The fourth-order valence-electron chi connectivity index (χ4n) is 0.733. The zero-order chi connectivity index (χ0) is 5.98. The van der Waals surface area contributed by atoms with Crippen LogP contribution in [0.3, 0.4) is 0 Å². The van der Waals surface area contributed by atoms with Gasteiger partial charge < -0.3 is 5.43 Å². The molecule has 0 fully saturated rings. The van der Waals surface area contributed by atoms with Crippen molar-refractivity contribution in [1.29, 1.82) is 0 Å². The maximum Gasteiger partial charge on any atom is 0.0480 e. The van der Waals surface area contributed by atoms with Gasteiger partial charge in [-0.2, -0.15) is 0 Å². The van der Waals surface area contributed by atoms with Gasteiger partial charge in [0.15, 0.2) is 0 Å². The molecular formula is C6H12N2. The van der Waals surface area contributed by atoms with E-state index in [0.717, 1.165) is 0 Å². The third-order valence-corrected chi connectivity index (χ3v) is 1.36. The Hall–Kier alpha value is -0.500. The van der Waals surface area contributed by atoms with E-state index >= 15 is 0 Å². The molecule has 0 bridgehead atoms. The van der Waals surface area contributed by atoms with E-state index in [1.807, 2.05) is 6.20 Å². The van der Waals surface area contributed by atoms with Gasteiger partial charge in [-0.15, -0.1) is 0 Å². The van der Waals surface area contributed by atoms with E-state index in [4.69, 9.17) is 0 Å². The van der Waals surface area contributed by atoms with Crippen LogP contribution in [0.1, 0.15) is 13.8 Å². The molecule has 1 aliphatic heterocycles. The van der Waals surface area contributed by atoms with Gasteiger partial charge in [0.2, 0.25) is 0 Å². The highest BCUT2D eigenvalue weighted by Crippen LogP contribution is 2.03. The highest BCUT2D eigenvalue weighted by molar-refractivity contribution is 4.97. The van der Waals surface area contributed by atoms with Crippen LogP contribution in [-0.2, 0) is 0 Å². The molecule has 0 radical (unpaired) electrons. The van der Waals surface area contributed by atoms with Gasteiger partial charge >= 0.3 is 0 Å². The predicted octanol–water partition coefficient (Wildman–Crippen LogP) is 0.632. The average molecular weight is 112 g/mol. The van der Waals surface area contributed by atoms with Crippen LogP contribution in [0, 0.1) is 5.92 Å². The monoisotopic (exact) mass is 112 g/mol. The second kappa shape index (κ2) is 2.18. The molecule has 8 heavy (non-hydrogen) atoms. The Morgan fingerprint density at radius 3 is 2.50 bits per heavy atom. The van der Waals surface area contributed by atoms with E-state index in [1.165, 1.54) is 0 Å². The number of nitrogens with one attached hydrogen (secondary N) is 2. The van der Waals surface area contributed by atoms with Crippen LogP contribution in [0.5, 0.6) is 0 Å². The van der Waals surface area contributed by atoms with E-state index in [0.29, 0.717) is 12.0 Å². The lowest BCUT2D eigenvalue weighted by molar-refractivity contribution is 0.464. The van der Waals surface area contributed by atoms with Gasteiger partial charge in [-0.3, -0.25) is 0 Å². The Balaban J connectivity index is 2.36. The Morgan fingerprint density at radius 2 is 2.25 bits per heavy atom. The minimum atomic E-state index is 0.523. The van der Waals surface area contributed by atoms with Gasteiger partial charge in [-0.25, -0.2) is 5.43 Å². The van der Waals surface area contributed by atoms with Crippen molar-refractivity contribution in [2.75, 3.05) is 0 Å². The van der Waals surface area contributed by atoms with E-state index < -0.39 is 0 Å². The van der Waals surface area contributed by atoms with Crippen molar-refractivity contribution in [3.05, 3.63) is 12.3 Å². The molecule has 0 spiro atoms. The molecule has 0 amide bonds. The topological polar surface area (TPSA) is 24.1 Å². The average Bonchev–Trinajstić information content (AvgIpc) is 2.12. The quantitative estimate of drug-likeness (QED) is 0.520. The molecule has 0 saturated carbocycles. The molecule has 2 nitrogen and oxygen atoms in total. The highest BCUT2D eigenvalue weighted by Gasteiger charge is 2.10. The first-order chi connectivity index (χ1) is 3.80. The van der Waals surface area contributed by atoms with Gasteiger partial charge in [0.25, 0.3) is 0 Å². The third kappa shape index (κ3) is 1.01. The maximum absolute atomic E-state index is 3.09. The lowest BCUT2D eigenvalue weighted by Gasteiger charge is -2.11. The highest BCUT2D eigenvalue weighted by atomic mass is 15.4. The zero-order valence-corrected chi connectivity index (χ0v) is 5.31. The summed E-state index contributed by atoms with van der Waals surface area (Å²) in [6, 6.07) is 0.523. The lowest BCUT2D eigenvalue weighted by atomic mass is 10.1. The molecule has 1 atom stereocenters. The molecule has 1 aliphatic rings. The fraction of sp³-hybridized carbons (Fsp3) is 0.667. The molecule has 0 saturated heterocycles. The first-order valence-electron chi connectivity index (χ1n) is 2.98. The van der Waals surface area contributed by atoms with Crippen LogP contribution >= 0.6 is 0 Å². The van der Waals surface area contributed by atoms with Crippen molar-refractivity contribution < 1.29 is 0 Å². The molecule has 0 aromatic carbocycles. The lowest BCUT2D eigenvalue weighted by Crippen LogP contribution is -2.33. The van der Waals surface area contributed by atoms with Crippen molar-refractivity contribution in [3.63, 3.8) is 0 Å². The van der Waals surface area contributed by atoms with Crippen LogP contribution in [0.4, 0.5) is 0 Å². The van der Waals surface area contributed by atoms with Crippen LogP contribution in [-0.4, -0.2) is 6.04 Å². The maximum atomic E-state index is 3.09. The van der Waals surface area contributed by atoms with Crippen LogP contribution in [0.25, 0.3) is 0 Å². The standard InChI is InChI=1S/C6H12N2/c1-5(2)6-3-4-7-8-6/h3-8H,1-2H3. The van der Waals surface area contributed by atoms with Crippen molar-refractivity contribution >= 4 is 0 Å². The molecule has 1 unspecified atom stereocenters. The summed E-state index contributed by atoms with van der Waals surface area (Å²) in [7, 11) is 0. The number of hydrazine groups is 1. The first-order valence-corrected chi connectivity index (χ1v) is 2.98. The minimum Gasteiger partial charge on any atom is -0.328 e. The molecule has 46 valence electrons. The van der Waals surface area contributed by atoms with Gasteiger partial charge in [0.05, 0.1) is 0 Å². The number of hydrogen-bond donors (Lipinski definition) is 2. The Kier molecular flexibility index (Phi) is 1.53. The second-order valence-corrected chi connectivity index (χ2v) is 2.42. The van der Waals surface area contributed by atoms with Crippen LogP contribution in [0.15, 0.2) is 12.3 Å². The van der Waals surface area contributed by atoms with Gasteiger partial charge in [-0.1, -0.05) is 13.8 Å². The summed E-state index contributed by atoms with van der Waals surface area (Å²) < 4.78 is 0. The first kappa shape index (κ1) is 5.63. The largest absolute Gasteiger partial charge is 0.328 e. The molecular weight excluding hydrogens is 100 g/mol. The Labute approximate surface area is 49.9 Å². The molecule has 1 heterocycles. The zero-order valence-electron chi connectivity index (χ0n) is 5.31. The molecule has 2 N–H and O–H groups in total. The third-order valence-electron chi connectivity index (χ3n) is 1.36. The molecule has 0 aromatic rings. The van der Waals surface area contributed by atoms with E-state index in [-0.39, 0.29) is 0 Å². The Morgan fingerprint density at radius 1 is 1.50 bits per heavy atom. The smallest absolute Gasteiger partial charge is 0.0480 e. The normalized spacial score (nSPS) is 26.6. The van der Waals surface area contributed by atoms with Gasteiger partial charge in [-0.05, 0) is 12.0 Å². The van der Waals surface area contributed by atoms with Crippen LogP contribution in [0.2, 0.25) is 0 Å². The molecule has 1 rings (SSSR count). The van der Waals surface area contributed by atoms with E-state index in [9.17, 15) is 0 Å². The minimum absolute atomic E-state index is 0.523. The summed E-state index contributed by atoms with van der Waals surface area (Å²) in [5.41, 5.74) is 6.02. The number of hydrogen-bond acceptors (Lipinski definition) is 2. The van der Waals surface area contributed by atoms with Gasteiger partial charge in [0.1, 0.15) is 0 Å². The second-order valence-electron chi connectivity index (χ2n) is 2.42. The van der Waals surface area contributed by atoms with Crippen molar-refractivity contribution in [3.8, 4) is 0 Å². The van der Waals surface area contributed by atoms with Crippen molar-refractivity contribution in [2.24, 2.45) is 5.92 Å². The summed E-state index contributed by atoms with van der Waals surface area (Å²) in [5, 5.41) is 0. The summed E-state index contributed by atoms with van der Waals surface area (Å²) in [6.07, 6.45) is 4.06. The predicted molar refractivity (Wildman–Crippen MR) is 34.0 cm³/mol. The summed E-state index contributed by atoms with van der Waals surface area (Å²) in [6.45, 7) is 4.38. The SMILES string of the molecule is CC(C)C1C=CNN1. The van der Waals surface area contributed by atoms with E-state index in [2.05, 4.69) is 30.8 Å². The summed E-state index contributed by atoms with van der Waals surface area (Å²) in [4.78, 5) is 0. The summed E-state index contributed by atoms with van der Waals surface area (Å²) >= 11 is 0. The van der Waals surface area contributed by atoms with Crippen molar-refractivity contribution in [1.82, 2.24) is 10.9 Å². The Bertz CT molecular complexity index is 96.7. The van der Waals surface area contributed by atoms with E-state index in [1.54, 1.807) is 0 Å². The summed E-state index contributed by atoms with van der Waals surface area (Å²) in [5.74, 6) is 0.682. The van der Waals surface area contributed by atoms with Gasteiger partial charge in [0, 0.05) is 12.2 Å². The molecule has 2 heteroatoms. The number of rotatable bonds is 1. The van der Waals surface area contributed by atoms with Crippen molar-refractivity contribution in [2.45, 2.75) is 19.9 Å².